The molecule has 15 heavy (non-hydrogen) atoms. The van der Waals surface area contributed by atoms with Gasteiger partial charge in [-0.1, -0.05) is 6.07 Å². The van der Waals surface area contributed by atoms with Gasteiger partial charge in [-0.15, -0.1) is 0 Å². The van der Waals surface area contributed by atoms with Gasteiger partial charge in [-0.2, -0.15) is 0 Å². The fraction of sp³-hybridized carbons (Fsp3) is 0.417. The first-order chi connectivity index (χ1) is 7.25. The number of aryl methyl sites for hydroxylation is 2. The summed E-state index contributed by atoms with van der Waals surface area (Å²) < 4.78 is 2.35. The Morgan fingerprint density at radius 2 is 2.20 bits per heavy atom. The van der Waals surface area contributed by atoms with Crippen molar-refractivity contribution in [3.8, 4) is 0 Å². The first-order valence-corrected chi connectivity index (χ1v) is 5.43. The smallest absolute Gasteiger partial charge is 0.123 e. The minimum absolute atomic E-state index is 0.896. The largest absolute Gasteiger partial charge is 0.325 e. The second-order valence-electron chi connectivity index (χ2n) is 4.31. The summed E-state index contributed by atoms with van der Waals surface area (Å²) in [6.07, 6.45) is 0. The molecule has 0 radical (unpaired) electrons. The number of hydrogen-bond acceptors (Lipinski definition) is 2. The molecule has 78 valence electrons. The third-order valence-corrected chi connectivity index (χ3v) is 3.05. The van der Waals surface area contributed by atoms with Gasteiger partial charge in [0, 0.05) is 13.1 Å². The predicted molar refractivity (Wildman–Crippen MR) is 60.9 cm³/mol. The molecular weight excluding hydrogens is 186 g/mol. The SMILES string of the molecule is Cc1cc(C)c2c(c1)nc1n2CCNC1. The maximum Gasteiger partial charge on any atom is 0.123 e. The number of hydrogen-bond donors (Lipinski definition) is 1. The van der Waals surface area contributed by atoms with Crippen LogP contribution < -0.4 is 5.32 Å². The third kappa shape index (κ3) is 1.27. The number of aromatic nitrogens is 2. The van der Waals surface area contributed by atoms with E-state index in [0.29, 0.717) is 0 Å². The Kier molecular flexibility index (Phi) is 1.83. The second kappa shape index (κ2) is 3.07. The van der Waals surface area contributed by atoms with E-state index in [2.05, 4.69) is 40.8 Å². The van der Waals surface area contributed by atoms with Crippen LogP contribution in [0.1, 0.15) is 17.0 Å². The quantitative estimate of drug-likeness (QED) is 0.704. The molecule has 3 heteroatoms. The molecule has 0 saturated carbocycles. The summed E-state index contributed by atoms with van der Waals surface area (Å²) >= 11 is 0. The van der Waals surface area contributed by atoms with E-state index in [1.807, 2.05) is 0 Å². The minimum Gasteiger partial charge on any atom is -0.325 e. The summed E-state index contributed by atoms with van der Waals surface area (Å²) in [7, 11) is 0. The molecule has 0 atom stereocenters. The van der Waals surface area contributed by atoms with Gasteiger partial charge in [0.1, 0.15) is 5.82 Å². The van der Waals surface area contributed by atoms with Crippen LogP contribution in [0, 0.1) is 13.8 Å². The molecule has 0 aliphatic carbocycles. The maximum atomic E-state index is 4.68. The van der Waals surface area contributed by atoms with Gasteiger partial charge in [-0.05, 0) is 31.0 Å². The van der Waals surface area contributed by atoms with Crippen molar-refractivity contribution in [2.45, 2.75) is 26.9 Å². The van der Waals surface area contributed by atoms with E-state index in [0.717, 1.165) is 25.2 Å². The van der Waals surface area contributed by atoms with Crippen molar-refractivity contribution >= 4 is 11.0 Å². The summed E-state index contributed by atoms with van der Waals surface area (Å²) in [5.74, 6) is 1.17. The van der Waals surface area contributed by atoms with Gasteiger partial charge in [0.15, 0.2) is 0 Å². The molecule has 1 aromatic heterocycles. The fourth-order valence-electron chi connectivity index (χ4n) is 2.47. The Morgan fingerprint density at radius 1 is 1.33 bits per heavy atom. The molecule has 3 rings (SSSR count). The normalized spacial score (nSPS) is 15.6. The summed E-state index contributed by atoms with van der Waals surface area (Å²) in [4.78, 5) is 4.68. The van der Waals surface area contributed by atoms with Gasteiger partial charge in [0.25, 0.3) is 0 Å². The van der Waals surface area contributed by atoms with Crippen molar-refractivity contribution < 1.29 is 0 Å². The minimum atomic E-state index is 0.896. The third-order valence-electron chi connectivity index (χ3n) is 3.05. The zero-order chi connectivity index (χ0) is 10.4. The average molecular weight is 201 g/mol. The fourth-order valence-corrected chi connectivity index (χ4v) is 2.47. The van der Waals surface area contributed by atoms with Crippen molar-refractivity contribution in [2.75, 3.05) is 6.54 Å². The number of benzene rings is 1. The Morgan fingerprint density at radius 3 is 3.07 bits per heavy atom. The van der Waals surface area contributed by atoms with Crippen molar-refractivity contribution in [2.24, 2.45) is 0 Å². The van der Waals surface area contributed by atoms with Gasteiger partial charge in [0.05, 0.1) is 17.6 Å². The lowest BCUT2D eigenvalue weighted by molar-refractivity contribution is 0.514. The van der Waals surface area contributed by atoms with Gasteiger partial charge in [0.2, 0.25) is 0 Å². The van der Waals surface area contributed by atoms with Crippen molar-refractivity contribution in [3.05, 3.63) is 29.1 Å². The summed E-state index contributed by atoms with van der Waals surface area (Å²) in [5, 5.41) is 3.35. The molecule has 1 aliphatic heterocycles. The lowest BCUT2D eigenvalue weighted by atomic mass is 10.1. The lowest BCUT2D eigenvalue weighted by Gasteiger charge is -2.16. The van der Waals surface area contributed by atoms with Crippen LogP contribution >= 0.6 is 0 Å². The van der Waals surface area contributed by atoms with Crippen LogP contribution in [0.5, 0.6) is 0 Å². The molecule has 0 amide bonds. The van der Waals surface area contributed by atoms with E-state index in [-0.39, 0.29) is 0 Å². The maximum absolute atomic E-state index is 4.68. The van der Waals surface area contributed by atoms with E-state index < -0.39 is 0 Å². The number of rotatable bonds is 0. The Bertz CT molecular complexity index is 525. The van der Waals surface area contributed by atoms with Crippen LogP contribution in [-0.4, -0.2) is 16.1 Å². The van der Waals surface area contributed by atoms with E-state index in [1.54, 1.807) is 0 Å². The zero-order valence-electron chi connectivity index (χ0n) is 9.17. The van der Waals surface area contributed by atoms with Crippen LogP contribution in [0.25, 0.3) is 11.0 Å². The number of imidazole rings is 1. The van der Waals surface area contributed by atoms with E-state index in [1.165, 1.54) is 22.5 Å². The zero-order valence-corrected chi connectivity index (χ0v) is 9.17. The first kappa shape index (κ1) is 8.92. The number of fused-ring (bicyclic) bond motifs is 3. The Balaban J connectivity index is 2.37. The number of nitrogens with one attached hydrogen (secondary N) is 1. The number of nitrogens with zero attached hydrogens (tertiary/aromatic N) is 2. The highest BCUT2D eigenvalue weighted by atomic mass is 15.2. The molecule has 0 fully saturated rings. The molecule has 1 aliphatic rings. The summed E-state index contributed by atoms with van der Waals surface area (Å²) in [6.45, 7) is 7.28. The molecule has 0 spiro atoms. The average Bonchev–Trinajstić information content (AvgIpc) is 2.54. The van der Waals surface area contributed by atoms with E-state index in [4.69, 9.17) is 0 Å². The highest BCUT2D eigenvalue weighted by molar-refractivity contribution is 5.80. The van der Waals surface area contributed by atoms with Crippen LogP contribution in [0.15, 0.2) is 12.1 Å². The van der Waals surface area contributed by atoms with Gasteiger partial charge in [-0.25, -0.2) is 4.98 Å². The molecular formula is C12H15N3. The molecule has 2 aromatic rings. The van der Waals surface area contributed by atoms with Crippen LogP contribution in [0.4, 0.5) is 0 Å². The molecule has 0 unspecified atom stereocenters. The monoisotopic (exact) mass is 201 g/mol. The van der Waals surface area contributed by atoms with Crippen molar-refractivity contribution in [1.29, 1.82) is 0 Å². The second-order valence-corrected chi connectivity index (χ2v) is 4.31. The molecule has 3 nitrogen and oxygen atoms in total. The van der Waals surface area contributed by atoms with Gasteiger partial charge >= 0.3 is 0 Å². The Hall–Kier alpha value is -1.35. The van der Waals surface area contributed by atoms with E-state index in [9.17, 15) is 0 Å². The highest BCUT2D eigenvalue weighted by Crippen LogP contribution is 2.23. The predicted octanol–water partition coefficient (Wildman–Crippen LogP) is 1.76. The van der Waals surface area contributed by atoms with Crippen molar-refractivity contribution in [1.82, 2.24) is 14.9 Å². The summed E-state index contributed by atoms with van der Waals surface area (Å²) in [6, 6.07) is 4.41. The Labute approximate surface area is 89.1 Å². The molecule has 0 bridgehead atoms. The van der Waals surface area contributed by atoms with Crippen molar-refractivity contribution in [3.63, 3.8) is 0 Å². The lowest BCUT2D eigenvalue weighted by Crippen LogP contribution is -2.28. The molecule has 2 heterocycles. The van der Waals surface area contributed by atoms with Crippen LogP contribution in [0.3, 0.4) is 0 Å². The van der Waals surface area contributed by atoms with Crippen LogP contribution in [-0.2, 0) is 13.1 Å². The first-order valence-electron chi connectivity index (χ1n) is 5.43. The van der Waals surface area contributed by atoms with Crippen LogP contribution in [0.2, 0.25) is 0 Å². The summed E-state index contributed by atoms with van der Waals surface area (Å²) in [5.41, 5.74) is 5.09. The molecule has 0 saturated heterocycles. The highest BCUT2D eigenvalue weighted by Gasteiger charge is 2.15. The van der Waals surface area contributed by atoms with Gasteiger partial charge < -0.3 is 9.88 Å². The van der Waals surface area contributed by atoms with E-state index >= 15 is 0 Å². The topological polar surface area (TPSA) is 29.9 Å². The van der Waals surface area contributed by atoms with Gasteiger partial charge in [-0.3, -0.25) is 0 Å². The molecule has 1 N–H and O–H groups in total. The molecule has 1 aromatic carbocycles. The standard InChI is InChI=1S/C12H15N3/c1-8-5-9(2)12-10(6-8)14-11-7-13-3-4-15(11)12/h5-6,13H,3-4,7H2,1-2H3.